The maximum absolute atomic E-state index is 13.8. The SMILES string of the molecule is CCC(C)(C)C(=O)OC1(CC)CC2CC1C1C3CCC(C3)C21.CCC(C)(C)C(=O)OC12CC3CC(C1)CC(C(=O)OC(C)C(F)(F)S(=O)(=O)[O-])(C3)C2.CCC(C)(C)C(=O)OC12CCOCC1OC(=O)C2.CCC(C)(C)C(=O)Oc1ccc(O)cc1.c1ccc(-[s+]2c3ccccc3c3ccccc32)cc1. The van der Waals surface area contributed by atoms with Crippen LogP contribution in [-0.4, -0.2) is 101 Å². The molecule has 2 saturated heterocycles. The zero-order valence-electron chi connectivity index (χ0n) is 63.3. The van der Waals surface area contributed by atoms with Gasteiger partial charge in [0, 0.05) is 40.0 Å². The molecule has 17 nitrogen and oxygen atoms in total. The molecule has 12 atom stereocenters. The van der Waals surface area contributed by atoms with Crippen LogP contribution in [0.15, 0.2) is 103 Å². The van der Waals surface area contributed by atoms with Gasteiger partial charge in [0.05, 0.1) is 46.7 Å². The number of aromatic hydroxyl groups is 1. The van der Waals surface area contributed by atoms with Gasteiger partial charge < -0.3 is 42.8 Å². The third-order valence-electron chi connectivity index (χ3n) is 25.4. The van der Waals surface area contributed by atoms with Crippen molar-refractivity contribution < 1.29 is 88.8 Å². The molecule has 8 aliphatic carbocycles. The topological polar surface area (TPSA) is 244 Å². The van der Waals surface area contributed by atoms with Gasteiger partial charge in [-0.2, -0.15) is 8.78 Å². The highest BCUT2D eigenvalue weighted by Gasteiger charge is 2.69. The molecule has 570 valence electrons. The van der Waals surface area contributed by atoms with Crippen molar-refractivity contribution in [3.8, 4) is 16.4 Å². The lowest BCUT2D eigenvalue weighted by molar-refractivity contribution is -0.222. The fraction of sp³-hybridized carbons (Fsp3) is 0.639. The number of phenolic OH excluding ortho intramolecular Hbond substituents is 1. The quantitative estimate of drug-likeness (QED) is 0.0214. The average molecular weight is 1480 g/mol. The molecule has 3 heterocycles. The van der Waals surface area contributed by atoms with Crippen molar-refractivity contribution in [1.82, 2.24) is 0 Å². The minimum absolute atomic E-state index is 0.0455. The first-order valence-corrected chi connectivity index (χ1v) is 40.4. The van der Waals surface area contributed by atoms with Gasteiger partial charge >= 0.3 is 41.1 Å². The predicted octanol–water partition coefficient (Wildman–Crippen LogP) is 18.1. The smallest absolute Gasteiger partial charge is 0.369 e. The average Bonchev–Trinajstić information content (AvgIpc) is 1.36. The van der Waals surface area contributed by atoms with Crippen molar-refractivity contribution in [3.05, 3.63) is 103 Å². The van der Waals surface area contributed by atoms with Gasteiger partial charge in [0.1, 0.15) is 22.7 Å². The maximum Gasteiger partial charge on any atom is 0.369 e. The van der Waals surface area contributed by atoms with Crippen LogP contribution < -0.4 is 4.74 Å². The van der Waals surface area contributed by atoms with E-state index >= 15 is 0 Å². The van der Waals surface area contributed by atoms with Gasteiger partial charge in [-0.25, -0.2) is 8.42 Å². The molecule has 8 bridgehead atoms. The molecule has 1 N–H and O–H groups in total. The molecule has 12 unspecified atom stereocenters. The van der Waals surface area contributed by atoms with E-state index in [1.807, 2.05) is 62.3 Å². The van der Waals surface area contributed by atoms with Crippen LogP contribution in [0.1, 0.15) is 213 Å². The number of rotatable bonds is 18. The molecule has 104 heavy (non-hydrogen) atoms. The molecule has 8 saturated carbocycles. The molecule has 10 aliphatic rings. The lowest BCUT2D eigenvalue weighted by Crippen LogP contribution is -2.61. The molecule has 10 fully saturated rings. The predicted molar refractivity (Wildman–Crippen MR) is 393 cm³/mol. The monoisotopic (exact) mass is 1480 g/mol. The third kappa shape index (κ3) is 16.2. The van der Waals surface area contributed by atoms with E-state index in [-0.39, 0.29) is 81.8 Å². The molecular formula is C83H110F2O17S2. The minimum atomic E-state index is -5.98. The summed E-state index contributed by atoms with van der Waals surface area (Å²) in [5.41, 5.74) is -4.92. The fourth-order valence-corrected chi connectivity index (χ4v) is 20.9. The molecule has 2 aliphatic heterocycles. The number of alkyl halides is 2. The summed E-state index contributed by atoms with van der Waals surface area (Å²) in [7, 11) is -5.92. The van der Waals surface area contributed by atoms with E-state index in [2.05, 4.69) is 92.7 Å². The first-order valence-electron chi connectivity index (χ1n) is 37.8. The molecule has 5 aromatic rings. The Morgan fingerprint density at radius 1 is 0.635 bits per heavy atom. The van der Waals surface area contributed by atoms with Crippen LogP contribution in [0.4, 0.5) is 8.78 Å². The maximum atomic E-state index is 13.8. The van der Waals surface area contributed by atoms with Crippen LogP contribution in [0.25, 0.3) is 25.1 Å². The van der Waals surface area contributed by atoms with Crippen molar-refractivity contribution >= 4 is 76.6 Å². The number of hydrogen-bond donors (Lipinski definition) is 1. The van der Waals surface area contributed by atoms with Gasteiger partial charge in [0.2, 0.25) is 0 Å². The zero-order valence-corrected chi connectivity index (χ0v) is 64.9. The Kier molecular flexibility index (Phi) is 23.5. The van der Waals surface area contributed by atoms with Crippen molar-refractivity contribution in [3.63, 3.8) is 0 Å². The first-order chi connectivity index (χ1) is 48.8. The van der Waals surface area contributed by atoms with Crippen molar-refractivity contribution in [1.29, 1.82) is 0 Å². The summed E-state index contributed by atoms with van der Waals surface area (Å²) in [6.07, 6.45) is 11.7. The van der Waals surface area contributed by atoms with Gasteiger partial charge in [0.15, 0.2) is 42.2 Å². The number of thiophene rings is 1. The second kappa shape index (κ2) is 30.6. The van der Waals surface area contributed by atoms with E-state index < -0.39 is 66.4 Å². The number of benzene rings is 4. The van der Waals surface area contributed by atoms with Crippen LogP contribution in [0.2, 0.25) is 0 Å². The van der Waals surface area contributed by atoms with Crippen LogP contribution in [0, 0.1) is 74.4 Å². The van der Waals surface area contributed by atoms with Crippen LogP contribution in [0.3, 0.4) is 0 Å². The normalized spacial score (nSPS) is 29.4. The Balaban J connectivity index is 0.000000142. The summed E-state index contributed by atoms with van der Waals surface area (Å²) in [4.78, 5) is 75.1. The number of phenols is 1. The van der Waals surface area contributed by atoms with E-state index in [0.717, 1.165) is 61.7 Å². The van der Waals surface area contributed by atoms with E-state index in [1.165, 1.54) is 62.9 Å². The first kappa shape index (κ1) is 80.0. The summed E-state index contributed by atoms with van der Waals surface area (Å²) in [5.74, 6) is 4.07. The molecule has 0 amide bonds. The number of carbonyl (C=O) groups excluding carboxylic acids is 6. The molecule has 4 aromatic carbocycles. The van der Waals surface area contributed by atoms with Crippen molar-refractivity contribution in [2.24, 2.45) is 74.4 Å². The minimum Gasteiger partial charge on any atom is -0.743 e. The third-order valence-corrected chi connectivity index (χ3v) is 28.8. The number of fused-ring (bicyclic) bond motifs is 13. The Morgan fingerprint density at radius 2 is 1.14 bits per heavy atom. The number of hydrogen-bond acceptors (Lipinski definition) is 17. The summed E-state index contributed by atoms with van der Waals surface area (Å²) >= 11 is 0. The molecular weight excluding hydrogens is 1370 g/mol. The number of carbonyl (C=O) groups is 6. The molecule has 0 radical (unpaired) electrons. The van der Waals surface area contributed by atoms with Crippen molar-refractivity contribution in [2.75, 3.05) is 13.2 Å². The Morgan fingerprint density at radius 3 is 1.68 bits per heavy atom. The van der Waals surface area contributed by atoms with Gasteiger partial charge in [-0.1, -0.05) is 77.1 Å². The van der Waals surface area contributed by atoms with Gasteiger partial charge in [-0.05, 0) is 261 Å². The van der Waals surface area contributed by atoms with Crippen LogP contribution in [-0.2, 0) is 67.3 Å². The molecule has 15 rings (SSSR count). The zero-order chi connectivity index (χ0) is 76.0. The van der Waals surface area contributed by atoms with Gasteiger partial charge in [-0.15, -0.1) is 0 Å². The van der Waals surface area contributed by atoms with E-state index in [0.29, 0.717) is 76.8 Å². The Labute approximate surface area is 616 Å². The second-order valence-electron chi connectivity index (χ2n) is 33.9. The highest BCUT2D eigenvalue weighted by molar-refractivity contribution is 7.86. The summed E-state index contributed by atoms with van der Waals surface area (Å²) in [6.45, 7) is 26.6. The lowest BCUT2D eigenvalue weighted by Gasteiger charge is -2.60. The summed E-state index contributed by atoms with van der Waals surface area (Å²) in [6, 6.07) is 34.5. The van der Waals surface area contributed by atoms with E-state index in [9.17, 15) is 50.5 Å². The molecule has 1 aromatic heterocycles. The highest BCUT2D eigenvalue weighted by atomic mass is 32.2. The summed E-state index contributed by atoms with van der Waals surface area (Å²) in [5, 5.41) is 7.12. The largest absolute Gasteiger partial charge is 0.743 e. The fourth-order valence-electron chi connectivity index (χ4n) is 18.1. The van der Waals surface area contributed by atoms with Crippen molar-refractivity contribution in [2.45, 2.75) is 247 Å². The Bertz CT molecular complexity index is 3980. The standard InChI is InChI=1S/C20H30F2O7S.C20H32O2.C18H13S.C13H20O5.C12H16O3/c1-5-17(3,4)15(23)29-19-9-13-6-14(10-19)8-18(7-13,11-19)16(24)28-12(2)20(21,22)30(25,26)27;1-5-19(3,4)18(21)22-20(6-2)11-14-10-15(20)17-13-8-7-12(9-13)16(14)17;1-2-8-14(9-3-1)19-17-12-6-4-10-15(17)16-11-5-7-13-18(16)19;1-4-12(2,3)11(15)18-13-5-6-16-8-9(13)17-10(14)7-13;1-4-12(2,3)11(14)15-10-7-5-9(13)6-8-10/h12-14H,5-11H2,1-4H3,(H,25,26,27);12-17H,5-11H2,1-4H3;1-13H;9H,4-8H2,1-3H3;5-8,13H,4H2,1-3H3/q;;+1;;/p-1. The number of ether oxygens (including phenoxy) is 7. The number of halogens is 2. The summed E-state index contributed by atoms with van der Waals surface area (Å²) < 4.78 is 102. The van der Waals surface area contributed by atoms with Crippen LogP contribution >= 0.6 is 10.5 Å². The van der Waals surface area contributed by atoms with Gasteiger partial charge in [0.25, 0.3) is 0 Å². The molecule has 21 heteroatoms. The lowest BCUT2D eigenvalue weighted by atomic mass is 9.48. The van der Waals surface area contributed by atoms with Crippen LogP contribution in [0.5, 0.6) is 11.5 Å². The highest BCUT2D eigenvalue weighted by Crippen LogP contribution is 2.71. The van der Waals surface area contributed by atoms with E-state index in [4.69, 9.17) is 38.3 Å². The van der Waals surface area contributed by atoms with E-state index in [1.54, 1.807) is 26.0 Å². The Hall–Kier alpha value is -6.55. The second-order valence-corrected chi connectivity index (χ2v) is 37.3. The number of esters is 6. The molecule has 0 spiro atoms. The van der Waals surface area contributed by atoms with Gasteiger partial charge in [-0.3, -0.25) is 28.8 Å².